The lowest BCUT2D eigenvalue weighted by molar-refractivity contribution is -0.00414. The van der Waals surface area contributed by atoms with Gasteiger partial charge in [0.25, 0.3) is 0 Å². The molecule has 2 bridgehead atoms. The van der Waals surface area contributed by atoms with Crippen LogP contribution in [0, 0.1) is 5.92 Å². The molecule has 1 amide bonds. The molecular formula is C23H32N4O3. The summed E-state index contributed by atoms with van der Waals surface area (Å²) in [6.07, 6.45) is 2.87. The molecule has 7 nitrogen and oxygen atoms in total. The average Bonchev–Trinajstić information content (AvgIpc) is 3.18. The Labute approximate surface area is 178 Å². The normalized spacial score (nSPS) is 25.2. The van der Waals surface area contributed by atoms with E-state index in [2.05, 4.69) is 28.4 Å². The molecule has 2 aromatic rings. The summed E-state index contributed by atoms with van der Waals surface area (Å²) in [5, 5.41) is 7.57. The fourth-order valence-electron chi connectivity index (χ4n) is 4.83. The van der Waals surface area contributed by atoms with Crippen LogP contribution in [0.15, 0.2) is 30.3 Å². The van der Waals surface area contributed by atoms with Gasteiger partial charge < -0.3 is 14.8 Å². The topological polar surface area (TPSA) is 68.6 Å². The smallest absolute Gasteiger partial charge is 0.407 e. The highest BCUT2D eigenvalue weighted by Crippen LogP contribution is 2.42. The second-order valence-corrected chi connectivity index (χ2v) is 8.37. The minimum atomic E-state index is -0.299. The van der Waals surface area contributed by atoms with E-state index in [4.69, 9.17) is 14.6 Å². The average molecular weight is 413 g/mol. The molecule has 0 spiro atoms. The number of amides is 1. The van der Waals surface area contributed by atoms with Crippen molar-refractivity contribution in [3.63, 3.8) is 0 Å². The van der Waals surface area contributed by atoms with E-state index in [0.717, 1.165) is 42.9 Å². The van der Waals surface area contributed by atoms with E-state index in [0.29, 0.717) is 31.0 Å². The molecule has 4 unspecified atom stereocenters. The predicted octanol–water partition coefficient (Wildman–Crippen LogP) is 3.41. The van der Waals surface area contributed by atoms with Gasteiger partial charge in [-0.1, -0.05) is 6.92 Å². The van der Waals surface area contributed by atoms with Gasteiger partial charge in [0.1, 0.15) is 12.4 Å². The molecule has 162 valence electrons. The highest BCUT2D eigenvalue weighted by molar-refractivity contribution is 5.67. The maximum absolute atomic E-state index is 11.8. The number of piperidine rings is 3. The Morgan fingerprint density at radius 3 is 2.77 bits per heavy atom. The van der Waals surface area contributed by atoms with Crippen molar-refractivity contribution in [2.75, 3.05) is 33.4 Å². The van der Waals surface area contributed by atoms with Gasteiger partial charge in [-0.2, -0.15) is 5.10 Å². The summed E-state index contributed by atoms with van der Waals surface area (Å²) in [4.78, 5) is 14.3. The molecule has 0 radical (unpaired) electrons. The van der Waals surface area contributed by atoms with E-state index in [1.54, 1.807) is 7.11 Å². The quantitative estimate of drug-likeness (QED) is 0.755. The highest BCUT2D eigenvalue weighted by atomic mass is 16.5. The fraction of sp³-hybridized carbons (Fsp3) is 0.565. The van der Waals surface area contributed by atoms with Gasteiger partial charge in [0.15, 0.2) is 0 Å². The number of ether oxygens (including phenoxy) is 2. The van der Waals surface area contributed by atoms with Crippen LogP contribution in [0.2, 0.25) is 0 Å². The van der Waals surface area contributed by atoms with Crippen molar-refractivity contribution >= 4 is 6.09 Å². The largest absolute Gasteiger partial charge is 0.497 e. The Bertz CT molecular complexity index is 864. The van der Waals surface area contributed by atoms with Crippen LogP contribution in [-0.4, -0.2) is 60.2 Å². The van der Waals surface area contributed by atoms with E-state index >= 15 is 0 Å². The van der Waals surface area contributed by atoms with Gasteiger partial charge in [-0.15, -0.1) is 0 Å². The number of hydrogen-bond acceptors (Lipinski definition) is 5. The van der Waals surface area contributed by atoms with Crippen molar-refractivity contribution < 1.29 is 14.3 Å². The summed E-state index contributed by atoms with van der Waals surface area (Å²) in [7, 11) is 3.72. The number of nitrogens with one attached hydrogen (secondary N) is 1. The second-order valence-electron chi connectivity index (χ2n) is 8.37. The molecule has 3 aliphatic rings. The molecule has 0 saturated carbocycles. The minimum Gasteiger partial charge on any atom is -0.497 e. The first-order valence-corrected chi connectivity index (χ1v) is 10.9. The monoisotopic (exact) mass is 412 g/mol. The third-order valence-corrected chi connectivity index (χ3v) is 6.49. The SMILES string of the molecule is CCCNC(=O)OCC1CC2CCN1CC2c1cc(-c2ccc(OC)cc2)nn1C. The molecule has 4 heterocycles. The zero-order chi connectivity index (χ0) is 21.1. The molecular weight excluding hydrogens is 380 g/mol. The number of alkyl carbamates (subject to hydrolysis) is 1. The number of nitrogens with zero attached hydrogens (tertiary/aromatic N) is 3. The zero-order valence-corrected chi connectivity index (χ0v) is 18.1. The number of carbonyl (C=O) groups excluding carboxylic acids is 1. The number of hydrogen-bond donors (Lipinski definition) is 1. The summed E-state index contributed by atoms with van der Waals surface area (Å²) >= 11 is 0. The molecule has 3 aliphatic heterocycles. The Hall–Kier alpha value is -2.54. The van der Waals surface area contributed by atoms with E-state index < -0.39 is 0 Å². The van der Waals surface area contributed by atoms with E-state index in [1.807, 2.05) is 30.8 Å². The van der Waals surface area contributed by atoms with Gasteiger partial charge in [0.05, 0.1) is 12.8 Å². The molecule has 3 saturated heterocycles. The van der Waals surface area contributed by atoms with Crippen molar-refractivity contribution in [3.05, 3.63) is 36.0 Å². The minimum absolute atomic E-state index is 0.299. The van der Waals surface area contributed by atoms with Crippen LogP contribution < -0.4 is 10.1 Å². The van der Waals surface area contributed by atoms with E-state index in [-0.39, 0.29) is 6.09 Å². The summed E-state index contributed by atoms with van der Waals surface area (Å²) in [5.41, 5.74) is 3.39. The first-order valence-electron chi connectivity index (χ1n) is 10.9. The van der Waals surface area contributed by atoms with Gasteiger partial charge in [0.2, 0.25) is 0 Å². The van der Waals surface area contributed by atoms with Crippen LogP contribution in [0.4, 0.5) is 4.79 Å². The van der Waals surface area contributed by atoms with Crippen molar-refractivity contribution in [2.45, 2.75) is 38.1 Å². The van der Waals surface area contributed by atoms with Gasteiger partial charge in [-0.3, -0.25) is 9.58 Å². The number of aryl methyl sites for hydroxylation is 1. The lowest BCUT2D eigenvalue weighted by Crippen LogP contribution is -2.54. The van der Waals surface area contributed by atoms with Crippen molar-refractivity contribution in [3.8, 4) is 17.0 Å². The van der Waals surface area contributed by atoms with Crippen molar-refractivity contribution in [1.82, 2.24) is 20.0 Å². The lowest BCUT2D eigenvalue weighted by Gasteiger charge is -2.49. The fourth-order valence-corrected chi connectivity index (χ4v) is 4.83. The molecule has 5 rings (SSSR count). The molecule has 0 aliphatic carbocycles. The number of benzene rings is 1. The molecule has 1 N–H and O–H groups in total. The number of aromatic nitrogens is 2. The summed E-state index contributed by atoms with van der Waals surface area (Å²) in [5.74, 6) is 1.92. The third-order valence-electron chi connectivity index (χ3n) is 6.49. The zero-order valence-electron chi connectivity index (χ0n) is 18.1. The van der Waals surface area contributed by atoms with Gasteiger partial charge in [-0.05, 0) is 62.1 Å². The van der Waals surface area contributed by atoms with Crippen LogP contribution in [0.3, 0.4) is 0 Å². The third kappa shape index (κ3) is 4.31. The van der Waals surface area contributed by atoms with Crippen LogP contribution in [0.1, 0.15) is 37.8 Å². The van der Waals surface area contributed by atoms with Gasteiger partial charge in [-0.25, -0.2) is 4.79 Å². The maximum Gasteiger partial charge on any atom is 0.407 e. The standard InChI is InChI=1S/C23H32N4O3/c1-4-10-24-23(28)30-15-18-12-17-9-11-27(18)14-20(17)22-13-21(25-26(22)2)16-5-7-19(29-3)8-6-16/h5-8,13,17-18,20H,4,9-12,14-15H2,1-3H3,(H,24,28). The first kappa shape index (κ1) is 20.7. The predicted molar refractivity (Wildman–Crippen MR) is 116 cm³/mol. The Morgan fingerprint density at radius 2 is 2.10 bits per heavy atom. The summed E-state index contributed by atoms with van der Waals surface area (Å²) < 4.78 is 12.8. The molecule has 7 heteroatoms. The maximum atomic E-state index is 11.8. The number of methoxy groups -OCH3 is 1. The molecule has 1 aromatic heterocycles. The first-order chi connectivity index (χ1) is 14.6. The van der Waals surface area contributed by atoms with E-state index in [9.17, 15) is 4.79 Å². The Balaban J connectivity index is 1.41. The van der Waals surface area contributed by atoms with Crippen molar-refractivity contribution in [1.29, 1.82) is 0 Å². The molecule has 4 atom stereocenters. The van der Waals surface area contributed by atoms with Crippen molar-refractivity contribution in [2.24, 2.45) is 13.0 Å². The summed E-state index contributed by atoms with van der Waals surface area (Å²) in [6.45, 7) is 5.24. The van der Waals surface area contributed by atoms with Gasteiger partial charge in [0, 0.05) is 43.4 Å². The van der Waals surface area contributed by atoms with Crippen LogP contribution in [0.5, 0.6) is 5.75 Å². The van der Waals surface area contributed by atoms with Gasteiger partial charge >= 0.3 is 6.09 Å². The van der Waals surface area contributed by atoms with E-state index in [1.165, 1.54) is 12.1 Å². The van der Waals surface area contributed by atoms with Crippen LogP contribution >= 0.6 is 0 Å². The second kappa shape index (κ2) is 9.08. The number of rotatable bonds is 7. The molecule has 3 fully saturated rings. The molecule has 30 heavy (non-hydrogen) atoms. The molecule has 1 aromatic carbocycles. The summed E-state index contributed by atoms with van der Waals surface area (Å²) in [6, 6.07) is 10.6. The number of fused-ring (bicyclic) bond motifs is 3. The Kier molecular flexibility index (Phi) is 6.27. The highest BCUT2D eigenvalue weighted by Gasteiger charge is 2.42. The van der Waals surface area contributed by atoms with Crippen LogP contribution in [-0.2, 0) is 11.8 Å². The van der Waals surface area contributed by atoms with Crippen LogP contribution in [0.25, 0.3) is 11.3 Å². The Morgan fingerprint density at radius 1 is 1.30 bits per heavy atom. The lowest BCUT2D eigenvalue weighted by atomic mass is 9.74. The number of carbonyl (C=O) groups is 1.